The zero-order valence-electron chi connectivity index (χ0n) is 14.2. The van der Waals surface area contributed by atoms with Crippen LogP contribution in [0.4, 0.5) is 11.4 Å². The van der Waals surface area contributed by atoms with E-state index in [4.69, 9.17) is 9.47 Å². The van der Waals surface area contributed by atoms with Gasteiger partial charge in [-0.2, -0.15) is 0 Å². The monoisotopic (exact) mass is 326 g/mol. The van der Waals surface area contributed by atoms with E-state index in [9.17, 15) is 4.79 Å². The molecule has 1 aliphatic heterocycles. The molecule has 5 heteroatoms. The average Bonchev–Trinajstić information content (AvgIpc) is 2.91. The van der Waals surface area contributed by atoms with Gasteiger partial charge in [0.15, 0.2) is 0 Å². The predicted molar refractivity (Wildman–Crippen MR) is 95.1 cm³/mol. The summed E-state index contributed by atoms with van der Waals surface area (Å²) >= 11 is 0. The highest BCUT2D eigenvalue weighted by atomic mass is 16.5. The molecule has 24 heavy (non-hydrogen) atoms. The van der Waals surface area contributed by atoms with Crippen LogP contribution < -0.4 is 19.7 Å². The first kappa shape index (κ1) is 16.2. The molecule has 0 aromatic heterocycles. The Morgan fingerprint density at radius 3 is 2.75 bits per heavy atom. The fourth-order valence-corrected chi connectivity index (χ4v) is 3.12. The Morgan fingerprint density at radius 2 is 2.00 bits per heavy atom. The molecule has 0 saturated carbocycles. The number of hydrogen-bond donors (Lipinski definition) is 1. The van der Waals surface area contributed by atoms with Gasteiger partial charge in [-0.1, -0.05) is 18.2 Å². The van der Waals surface area contributed by atoms with Gasteiger partial charge in [-0.3, -0.25) is 4.79 Å². The first-order valence-corrected chi connectivity index (χ1v) is 7.98. The second kappa shape index (κ2) is 6.83. The predicted octanol–water partition coefficient (Wildman–Crippen LogP) is 3.09. The van der Waals surface area contributed by atoms with Gasteiger partial charge in [-0.05, 0) is 37.1 Å². The van der Waals surface area contributed by atoms with Gasteiger partial charge in [0, 0.05) is 17.8 Å². The molecule has 126 valence electrons. The van der Waals surface area contributed by atoms with E-state index in [0.29, 0.717) is 29.8 Å². The summed E-state index contributed by atoms with van der Waals surface area (Å²) in [6.45, 7) is 2.45. The van der Waals surface area contributed by atoms with Crippen molar-refractivity contribution in [1.29, 1.82) is 0 Å². The van der Waals surface area contributed by atoms with Crippen molar-refractivity contribution in [1.82, 2.24) is 0 Å². The number of rotatable bonds is 5. The van der Waals surface area contributed by atoms with Crippen LogP contribution in [0.2, 0.25) is 0 Å². The Morgan fingerprint density at radius 1 is 1.21 bits per heavy atom. The van der Waals surface area contributed by atoms with Crippen LogP contribution in [0.25, 0.3) is 0 Å². The van der Waals surface area contributed by atoms with Crippen LogP contribution in [-0.2, 0) is 11.2 Å². The first-order valence-electron chi connectivity index (χ1n) is 7.98. The molecule has 0 bridgehead atoms. The van der Waals surface area contributed by atoms with Gasteiger partial charge in [0.2, 0.25) is 5.91 Å². The number of nitrogens with zero attached hydrogens (tertiary/aromatic N) is 1. The molecular weight excluding hydrogens is 304 g/mol. The molecule has 1 atom stereocenters. The van der Waals surface area contributed by atoms with Crippen molar-refractivity contribution in [2.45, 2.75) is 19.4 Å². The third-order valence-electron chi connectivity index (χ3n) is 4.35. The van der Waals surface area contributed by atoms with Crippen LogP contribution in [0.1, 0.15) is 12.5 Å². The molecule has 1 aliphatic rings. The molecule has 0 saturated heterocycles. The van der Waals surface area contributed by atoms with Gasteiger partial charge < -0.3 is 19.7 Å². The maximum atomic E-state index is 12.5. The van der Waals surface area contributed by atoms with E-state index >= 15 is 0 Å². The number of carbonyl (C=O) groups excluding carboxylic acids is 1. The van der Waals surface area contributed by atoms with Crippen LogP contribution in [0, 0.1) is 0 Å². The maximum absolute atomic E-state index is 12.5. The summed E-state index contributed by atoms with van der Waals surface area (Å²) in [6, 6.07) is 13.9. The van der Waals surface area contributed by atoms with Crippen LogP contribution in [0.3, 0.4) is 0 Å². The van der Waals surface area contributed by atoms with Crippen LogP contribution in [0.5, 0.6) is 11.5 Å². The highest BCUT2D eigenvalue weighted by molar-refractivity contribution is 5.96. The van der Waals surface area contributed by atoms with Crippen molar-refractivity contribution in [3.05, 3.63) is 48.0 Å². The van der Waals surface area contributed by atoms with Crippen molar-refractivity contribution >= 4 is 17.3 Å². The molecular formula is C19H22N2O3. The Labute approximate surface area is 142 Å². The number of hydrogen-bond acceptors (Lipinski definition) is 4. The van der Waals surface area contributed by atoms with E-state index in [0.717, 1.165) is 12.1 Å². The molecule has 1 N–H and O–H groups in total. The van der Waals surface area contributed by atoms with E-state index in [-0.39, 0.29) is 5.91 Å². The molecule has 3 rings (SSSR count). The van der Waals surface area contributed by atoms with Crippen molar-refractivity contribution in [3.8, 4) is 11.5 Å². The maximum Gasteiger partial charge on any atom is 0.244 e. The largest absolute Gasteiger partial charge is 0.497 e. The van der Waals surface area contributed by atoms with Crippen LogP contribution in [0.15, 0.2) is 42.5 Å². The summed E-state index contributed by atoms with van der Waals surface area (Å²) in [6.07, 6.45) is 0.968. The van der Waals surface area contributed by atoms with Gasteiger partial charge in [0.1, 0.15) is 11.5 Å². The van der Waals surface area contributed by atoms with Gasteiger partial charge in [0.05, 0.1) is 26.5 Å². The molecule has 0 aliphatic carbocycles. The minimum atomic E-state index is -0.0676. The second-order valence-electron chi connectivity index (χ2n) is 5.92. The first-order chi connectivity index (χ1) is 11.6. The van der Waals surface area contributed by atoms with E-state index in [1.807, 2.05) is 12.1 Å². The third-order valence-corrected chi connectivity index (χ3v) is 4.35. The highest BCUT2D eigenvalue weighted by Crippen LogP contribution is 2.32. The summed E-state index contributed by atoms with van der Waals surface area (Å²) in [5.41, 5.74) is 3.07. The summed E-state index contributed by atoms with van der Waals surface area (Å²) in [7, 11) is 3.17. The Kier molecular flexibility index (Phi) is 4.60. The quantitative estimate of drug-likeness (QED) is 0.917. The van der Waals surface area contributed by atoms with Gasteiger partial charge in [0.25, 0.3) is 0 Å². The van der Waals surface area contributed by atoms with Crippen molar-refractivity contribution in [2.75, 3.05) is 31.0 Å². The third kappa shape index (κ3) is 3.15. The van der Waals surface area contributed by atoms with Gasteiger partial charge >= 0.3 is 0 Å². The van der Waals surface area contributed by atoms with Crippen molar-refractivity contribution < 1.29 is 14.3 Å². The van der Waals surface area contributed by atoms with E-state index in [2.05, 4.69) is 29.3 Å². The summed E-state index contributed by atoms with van der Waals surface area (Å²) in [5, 5.41) is 2.93. The highest BCUT2D eigenvalue weighted by Gasteiger charge is 2.27. The zero-order chi connectivity index (χ0) is 17.1. The zero-order valence-corrected chi connectivity index (χ0v) is 14.2. The Hall–Kier alpha value is -2.69. The lowest BCUT2D eigenvalue weighted by Gasteiger charge is -2.24. The standard InChI is InChI=1S/C19H22N2O3/c1-13-10-14-6-4-5-7-17(14)21(13)12-19(22)20-16-9-8-15(23-2)11-18(16)24-3/h4-9,11,13H,10,12H2,1-3H3,(H,20,22). The number of fused-ring (bicyclic) bond motifs is 1. The average molecular weight is 326 g/mol. The Bertz CT molecular complexity index is 745. The smallest absolute Gasteiger partial charge is 0.244 e. The molecule has 1 unspecified atom stereocenters. The fraction of sp³-hybridized carbons (Fsp3) is 0.316. The number of amides is 1. The van der Waals surface area contributed by atoms with Gasteiger partial charge in [-0.15, -0.1) is 0 Å². The molecule has 2 aromatic rings. The summed E-state index contributed by atoms with van der Waals surface area (Å²) < 4.78 is 10.5. The second-order valence-corrected chi connectivity index (χ2v) is 5.92. The lowest BCUT2D eigenvalue weighted by atomic mass is 10.1. The molecule has 0 spiro atoms. The number of para-hydroxylation sites is 1. The van der Waals surface area contributed by atoms with Gasteiger partial charge in [-0.25, -0.2) is 0 Å². The number of methoxy groups -OCH3 is 2. The minimum absolute atomic E-state index is 0.0676. The number of ether oxygens (including phenoxy) is 2. The molecule has 1 amide bonds. The summed E-state index contributed by atoms with van der Waals surface area (Å²) in [5.74, 6) is 1.20. The Balaban J connectivity index is 1.73. The van der Waals surface area contributed by atoms with E-state index < -0.39 is 0 Å². The summed E-state index contributed by atoms with van der Waals surface area (Å²) in [4.78, 5) is 14.6. The van der Waals surface area contributed by atoms with Crippen molar-refractivity contribution in [3.63, 3.8) is 0 Å². The molecule has 5 nitrogen and oxygen atoms in total. The fourth-order valence-electron chi connectivity index (χ4n) is 3.12. The van der Waals surface area contributed by atoms with E-state index in [1.54, 1.807) is 32.4 Å². The number of carbonyl (C=O) groups is 1. The molecule has 2 aromatic carbocycles. The number of benzene rings is 2. The lowest BCUT2D eigenvalue weighted by Crippen LogP contribution is -2.37. The number of nitrogens with one attached hydrogen (secondary N) is 1. The number of anilines is 2. The molecule has 0 fully saturated rings. The SMILES string of the molecule is COc1ccc(NC(=O)CN2c3ccccc3CC2C)c(OC)c1. The normalized spacial score (nSPS) is 15.8. The molecule has 1 heterocycles. The minimum Gasteiger partial charge on any atom is -0.497 e. The van der Waals surface area contributed by atoms with Crippen LogP contribution >= 0.6 is 0 Å². The van der Waals surface area contributed by atoms with Crippen LogP contribution in [-0.4, -0.2) is 32.7 Å². The topological polar surface area (TPSA) is 50.8 Å². The lowest BCUT2D eigenvalue weighted by molar-refractivity contribution is -0.115. The van der Waals surface area contributed by atoms with Crippen molar-refractivity contribution in [2.24, 2.45) is 0 Å². The van der Waals surface area contributed by atoms with E-state index in [1.165, 1.54) is 5.56 Å². The molecule has 0 radical (unpaired) electrons.